The maximum Gasteiger partial charge on any atom is 0.251 e. The lowest BCUT2D eigenvalue weighted by Crippen LogP contribution is -2.48. The van der Waals surface area contributed by atoms with Crippen molar-refractivity contribution >= 4 is 11.6 Å². The van der Waals surface area contributed by atoms with Crippen LogP contribution in [0.5, 0.6) is 5.75 Å². The van der Waals surface area contributed by atoms with Crippen LogP contribution in [0.2, 0.25) is 0 Å². The van der Waals surface area contributed by atoms with E-state index in [4.69, 9.17) is 4.74 Å². The van der Waals surface area contributed by atoms with E-state index in [1.807, 2.05) is 38.4 Å². The average molecular weight is 439 g/mol. The van der Waals surface area contributed by atoms with Gasteiger partial charge in [-0.3, -0.25) is 9.69 Å². The first-order valence-corrected chi connectivity index (χ1v) is 11.7. The maximum atomic E-state index is 12.8. The number of hydrogen-bond acceptors (Lipinski definition) is 5. The number of rotatable bonds is 10. The van der Waals surface area contributed by atoms with E-state index >= 15 is 0 Å². The number of unbranched alkanes of at least 4 members (excludes halogenated alkanes) is 1. The third kappa shape index (κ3) is 6.71. The van der Waals surface area contributed by atoms with Gasteiger partial charge in [0.25, 0.3) is 5.91 Å². The minimum Gasteiger partial charge on any atom is -0.494 e. The Hall–Kier alpha value is -2.57. The highest BCUT2D eigenvalue weighted by molar-refractivity contribution is 5.94. The average Bonchev–Trinajstić information content (AvgIpc) is 2.81. The van der Waals surface area contributed by atoms with Gasteiger partial charge in [-0.25, -0.2) is 0 Å². The van der Waals surface area contributed by atoms with Crippen LogP contribution in [0.15, 0.2) is 48.5 Å². The van der Waals surface area contributed by atoms with Crippen molar-refractivity contribution in [3.63, 3.8) is 0 Å². The molecule has 0 aromatic heterocycles. The first-order valence-electron chi connectivity index (χ1n) is 11.7. The molecule has 1 aliphatic heterocycles. The molecular formula is C26H38N4O2. The van der Waals surface area contributed by atoms with E-state index in [1.54, 1.807) is 0 Å². The SMILES string of the molecule is CCCCOc1ccc(C(=O)NC[C@H](c2ccc(N(C)C)cc2)N2CCN(C)CC2)cc1. The number of piperazine rings is 1. The molecule has 1 saturated heterocycles. The van der Waals surface area contributed by atoms with E-state index in [0.29, 0.717) is 18.7 Å². The van der Waals surface area contributed by atoms with Crippen LogP contribution in [0.1, 0.15) is 41.7 Å². The summed E-state index contributed by atoms with van der Waals surface area (Å²) in [6.45, 7) is 7.51. The number of ether oxygens (including phenoxy) is 1. The lowest BCUT2D eigenvalue weighted by atomic mass is 10.0. The largest absolute Gasteiger partial charge is 0.494 e. The zero-order valence-corrected chi connectivity index (χ0v) is 20.0. The second-order valence-electron chi connectivity index (χ2n) is 8.78. The van der Waals surface area contributed by atoms with Crippen molar-refractivity contribution in [3.8, 4) is 5.75 Å². The topological polar surface area (TPSA) is 48.1 Å². The molecule has 6 nitrogen and oxygen atoms in total. The quantitative estimate of drug-likeness (QED) is 0.574. The number of hydrogen-bond donors (Lipinski definition) is 1. The Labute approximate surface area is 193 Å². The highest BCUT2D eigenvalue weighted by atomic mass is 16.5. The Balaban J connectivity index is 1.65. The number of anilines is 1. The standard InChI is InChI=1S/C26H38N4O2/c1-5-6-19-32-24-13-9-22(10-14-24)26(31)27-20-25(30-17-15-29(4)16-18-30)21-7-11-23(12-8-21)28(2)3/h7-14,25H,5-6,15-20H2,1-4H3,(H,27,31)/t25-/m1/s1. The van der Waals surface area contributed by atoms with E-state index in [2.05, 4.69) is 58.3 Å². The van der Waals surface area contributed by atoms with Gasteiger partial charge in [0.05, 0.1) is 12.6 Å². The molecule has 174 valence electrons. The van der Waals surface area contributed by atoms with Gasteiger partial charge in [0.2, 0.25) is 0 Å². The van der Waals surface area contributed by atoms with Crippen LogP contribution >= 0.6 is 0 Å². The van der Waals surface area contributed by atoms with Gasteiger partial charge in [0.15, 0.2) is 0 Å². The number of benzene rings is 2. The second kappa shape index (κ2) is 11.9. The minimum atomic E-state index is -0.0471. The van der Waals surface area contributed by atoms with Gasteiger partial charge in [0, 0.05) is 58.1 Å². The van der Waals surface area contributed by atoms with Crippen molar-refractivity contribution in [2.24, 2.45) is 0 Å². The number of amides is 1. The van der Waals surface area contributed by atoms with Crippen molar-refractivity contribution in [1.82, 2.24) is 15.1 Å². The highest BCUT2D eigenvalue weighted by Crippen LogP contribution is 2.24. The molecule has 1 heterocycles. The molecule has 32 heavy (non-hydrogen) atoms. The summed E-state index contributed by atoms with van der Waals surface area (Å²) < 4.78 is 5.71. The van der Waals surface area contributed by atoms with Crippen molar-refractivity contribution < 1.29 is 9.53 Å². The number of likely N-dealkylation sites (N-methyl/N-ethyl adjacent to an activating group) is 1. The van der Waals surface area contributed by atoms with Gasteiger partial charge < -0.3 is 19.9 Å². The van der Waals surface area contributed by atoms with Crippen LogP contribution in [0.3, 0.4) is 0 Å². The highest BCUT2D eigenvalue weighted by Gasteiger charge is 2.24. The maximum absolute atomic E-state index is 12.8. The Morgan fingerprint density at radius 2 is 1.69 bits per heavy atom. The summed E-state index contributed by atoms with van der Waals surface area (Å²) in [5, 5.41) is 3.17. The zero-order chi connectivity index (χ0) is 22.9. The molecule has 6 heteroatoms. The molecule has 1 amide bonds. The van der Waals surface area contributed by atoms with Crippen molar-refractivity contribution in [2.45, 2.75) is 25.8 Å². The molecular weight excluding hydrogens is 400 g/mol. The van der Waals surface area contributed by atoms with E-state index < -0.39 is 0 Å². The van der Waals surface area contributed by atoms with Gasteiger partial charge in [0.1, 0.15) is 5.75 Å². The zero-order valence-electron chi connectivity index (χ0n) is 20.0. The smallest absolute Gasteiger partial charge is 0.251 e. The minimum absolute atomic E-state index is 0.0471. The fraction of sp³-hybridized carbons (Fsp3) is 0.500. The Kier molecular flexibility index (Phi) is 8.94. The van der Waals surface area contributed by atoms with E-state index in [-0.39, 0.29) is 11.9 Å². The van der Waals surface area contributed by atoms with Crippen LogP contribution in [0.25, 0.3) is 0 Å². The molecule has 0 unspecified atom stereocenters. The number of carbonyl (C=O) groups is 1. The van der Waals surface area contributed by atoms with Crippen molar-refractivity contribution in [1.29, 1.82) is 0 Å². The van der Waals surface area contributed by atoms with Gasteiger partial charge in [-0.05, 0) is 55.4 Å². The summed E-state index contributed by atoms with van der Waals surface area (Å²) in [6.07, 6.45) is 2.14. The molecule has 2 aromatic carbocycles. The lowest BCUT2D eigenvalue weighted by molar-refractivity contribution is 0.0886. The summed E-state index contributed by atoms with van der Waals surface area (Å²) in [4.78, 5) is 19.8. The summed E-state index contributed by atoms with van der Waals surface area (Å²) >= 11 is 0. The van der Waals surface area contributed by atoms with Crippen LogP contribution < -0.4 is 15.0 Å². The normalized spacial score (nSPS) is 15.9. The molecule has 2 aromatic rings. The first kappa shape index (κ1) is 24.1. The predicted molar refractivity (Wildman–Crippen MR) is 132 cm³/mol. The molecule has 0 radical (unpaired) electrons. The fourth-order valence-corrected chi connectivity index (χ4v) is 3.91. The summed E-state index contributed by atoms with van der Waals surface area (Å²) in [5.74, 6) is 0.764. The molecule has 1 N–H and O–H groups in total. The lowest BCUT2D eigenvalue weighted by Gasteiger charge is -2.38. The third-order valence-electron chi connectivity index (χ3n) is 6.11. The molecule has 1 aliphatic rings. The van der Waals surface area contributed by atoms with Gasteiger partial charge >= 0.3 is 0 Å². The molecule has 3 rings (SSSR count). The summed E-state index contributed by atoms with van der Waals surface area (Å²) in [6, 6.07) is 16.3. The van der Waals surface area contributed by atoms with Crippen molar-refractivity contribution in [3.05, 3.63) is 59.7 Å². The van der Waals surface area contributed by atoms with Crippen LogP contribution in [-0.2, 0) is 0 Å². The van der Waals surface area contributed by atoms with Crippen molar-refractivity contribution in [2.75, 3.05) is 65.4 Å². The Bertz CT molecular complexity index is 828. The number of nitrogens with zero attached hydrogens (tertiary/aromatic N) is 3. The summed E-state index contributed by atoms with van der Waals surface area (Å²) in [7, 11) is 6.26. The molecule has 0 bridgehead atoms. The molecule has 1 atom stereocenters. The van der Waals surface area contributed by atoms with E-state index in [9.17, 15) is 4.79 Å². The molecule has 0 spiro atoms. The van der Waals surface area contributed by atoms with E-state index in [0.717, 1.165) is 44.8 Å². The van der Waals surface area contributed by atoms with Crippen LogP contribution in [0.4, 0.5) is 5.69 Å². The first-order chi connectivity index (χ1) is 15.5. The Morgan fingerprint density at radius 1 is 1.03 bits per heavy atom. The van der Waals surface area contributed by atoms with E-state index in [1.165, 1.54) is 11.3 Å². The van der Waals surface area contributed by atoms with Gasteiger partial charge in [-0.1, -0.05) is 25.5 Å². The molecule has 1 fully saturated rings. The Morgan fingerprint density at radius 3 is 2.28 bits per heavy atom. The fourth-order valence-electron chi connectivity index (χ4n) is 3.91. The number of carbonyl (C=O) groups excluding carboxylic acids is 1. The summed E-state index contributed by atoms with van der Waals surface area (Å²) in [5.41, 5.74) is 3.07. The molecule has 0 aliphatic carbocycles. The third-order valence-corrected chi connectivity index (χ3v) is 6.11. The second-order valence-corrected chi connectivity index (χ2v) is 8.78. The monoisotopic (exact) mass is 438 g/mol. The predicted octanol–water partition coefficient (Wildman–Crippen LogP) is 3.65. The number of nitrogens with one attached hydrogen (secondary N) is 1. The molecule has 0 saturated carbocycles. The van der Waals surface area contributed by atoms with Crippen LogP contribution in [0, 0.1) is 0 Å². The van der Waals surface area contributed by atoms with Gasteiger partial charge in [-0.15, -0.1) is 0 Å². The van der Waals surface area contributed by atoms with Crippen LogP contribution in [-0.4, -0.2) is 76.2 Å². The van der Waals surface area contributed by atoms with Gasteiger partial charge in [-0.2, -0.15) is 0 Å².